The molecule has 1 aromatic heterocycles. The number of carboxylic acids is 1. The normalized spacial score (nSPS) is 14.2. The van der Waals surface area contributed by atoms with Gasteiger partial charge in [0.15, 0.2) is 28.7 Å². The number of carbonyl (C=O) groups is 2. The zero-order chi connectivity index (χ0) is 23.0. The number of hydrogen-bond donors (Lipinski definition) is 3. The largest absolute Gasteiger partial charge is 0.494 e. The van der Waals surface area contributed by atoms with Crippen LogP contribution in [0.15, 0.2) is 22.7 Å². The molecule has 1 aliphatic rings. The summed E-state index contributed by atoms with van der Waals surface area (Å²) in [5.74, 6) is -1.36. The Morgan fingerprint density at radius 2 is 2.06 bits per heavy atom. The maximum Gasteiger partial charge on any atom is 0.343 e. The molecule has 2 heterocycles. The Bertz CT molecular complexity index is 882. The molecule has 3 N–H and O–H groups in total. The molecular formula is C20H26FN3O7. The van der Waals surface area contributed by atoms with Crippen molar-refractivity contribution in [2.75, 3.05) is 45.3 Å². The van der Waals surface area contributed by atoms with Crippen molar-refractivity contribution < 1.29 is 38.6 Å². The van der Waals surface area contributed by atoms with E-state index in [9.17, 15) is 14.3 Å². The molecule has 0 spiro atoms. The number of aliphatic hydroxyl groups is 1. The molecule has 170 valence electrons. The molecule has 0 radical (unpaired) electrons. The van der Waals surface area contributed by atoms with Crippen LogP contribution in [0, 0.1) is 5.82 Å². The average Bonchev–Trinajstić information content (AvgIpc) is 3.20. The molecule has 11 heteroatoms. The maximum atomic E-state index is 13.7. The van der Waals surface area contributed by atoms with Gasteiger partial charge in [0.25, 0.3) is 6.47 Å². The van der Waals surface area contributed by atoms with Crippen LogP contribution >= 0.6 is 0 Å². The van der Waals surface area contributed by atoms with E-state index in [1.54, 1.807) is 0 Å². The molecule has 1 aliphatic heterocycles. The second-order valence-electron chi connectivity index (χ2n) is 6.89. The van der Waals surface area contributed by atoms with Gasteiger partial charge in [0.05, 0.1) is 13.7 Å². The number of piperidine rings is 1. The molecule has 0 amide bonds. The maximum absolute atomic E-state index is 13.7. The van der Waals surface area contributed by atoms with Gasteiger partial charge in [0.1, 0.15) is 0 Å². The molecule has 1 aromatic carbocycles. The monoisotopic (exact) mass is 439 g/mol. The zero-order valence-electron chi connectivity index (χ0n) is 17.3. The highest BCUT2D eigenvalue weighted by atomic mass is 19.1. The number of likely N-dealkylation sites (N-methyl/N-ethyl adjacent to an activating group) is 1. The number of ether oxygens (including phenoxy) is 1. The van der Waals surface area contributed by atoms with Gasteiger partial charge in [-0.15, -0.1) is 0 Å². The Morgan fingerprint density at radius 3 is 2.61 bits per heavy atom. The highest BCUT2D eigenvalue weighted by Gasteiger charge is 2.31. The summed E-state index contributed by atoms with van der Waals surface area (Å²) in [5, 5.41) is 29.7. The van der Waals surface area contributed by atoms with Crippen LogP contribution in [0.2, 0.25) is 0 Å². The summed E-state index contributed by atoms with van der Waals surface area (Å²) in [6.45, 7) is 1.71. The molecule has 1 fully saturated rings. The molecular weight excluding hydrogens is 413 g/mol. The average molecular weight is 439 g/mol. The van der Waals surface area contributed by atoms with Crippen LogP contribution < -0.4 is 9.64 Å². The first-order chi connectivity index (χ1) is 14.9. The number of aromatic nitrogens is 1. The van der Waals surface area contributed by atoms with E-state index >= 15 is 0 Å². The van der Waals surface area contributed by atoms with Gasteiger partial charge in [-0.3, -0.25) is 4.79 Å². The summed E-state index contributed by atoms with van der Waals surface area (Å²) in [7, 11) is 3.30. The number of benzene rings is 1. The number of aromatic carboxylic acids is 1. The van der Waals surface area contributed by atoms with E-state index in [4.69, 9.17) is 24.3 Å². The van der Waals surface area contributed by atoms with Crippen molar-refractivity contribution in [2.45, 2.75) is 18.9 Å². The smallest absolute Gasteiger partial charge is 0.343 e. The fourth-order valence-electron chi connectivity index (χ4n) is 3.55. The van der Waals surface area contributed by atoms with E-state index in [2.05, 4.69) is 10.1 Å². The van der Waals surface area contributed by atoms with E-state index in [1.807, 2.05) is 11.9 Å². The molecule has 0 aliphatic carbocycles. The number of halogens is 1. The lowest BCUT2D eigenvalue weighted by atomic mass is 10.0. The van der Waals surface area contributed by atoms with Gasteiger partial charge in [-0.2, -0.15) is 0 Å². The number of rotatable bonds is 7. The van der Waals surface area contributed by atoms with E-state index in [-0.39, 0.29) is 36.0 Å². The van der Waals surface area contributed by atoms with Crippen LogP contribution in [0.4, 0.5) is 10.2 Å². The van der Waals surface area contributed by atoms with E-state index < -0.39 is 11.8 Å². The SMILES string of the molecule is COc1cc(-c2onc(N3CCC(N(C)CCO)CC3)c2C(=O)O)ccc1F.O=CO. The number of methoxy groups -OCH3 is 1. The molecule has 10 nitrogen and oxygen atoms in total. The second kappa shape index (κ2) is 11.3. The first-order valence-electron chi connectivity index (χ1n) is 9.58. The lowest BCUT2D eigenvalue weighted by Gasteiger charge is -2.36. The standard InChI is InChI=1S/C19H24FN3O5.CH2O2/c1-22(9-10-24)13-5-7-23(8-6-13)18-16(19(25)26)17(28-21-18)12-3-4-14(20)15(11-12)27-2;2-1-3/h3-4,11,13,24H,5-10H2,1-2H3,(H,25,26);1H,(H,2,3). The molecule has 0 unspecified atom stereocenters. The van der Waals surface area contributed by atoms with E-state index in [0.29, 0.717) is 31.2 Å². The van der Waals surface area contributed by atoms with Crippen molar-refractivity contribution in [3.63, 3.8) is 0 Å². The van der Waals surface area contributed by atoms with Crippen LogP contribution in [0.1, 0.15) is 23.2 Å². The van der Waals surface area contributed by atoms with Gasteiger partial charge in [-0.05, 0) is 38.1 Å². The molecule has 0 bridgehead atoms. The van der Waals surface area contributed by atoms with Crippen molar-refractivity contribution in [2.24, 2.45) is 0 Å². The zero-order valence-corrected chi connectivity index (χ0v) is 17.3. The fourth-order valence-corrected chi connectivity index (χ4v) is 3.55. The summed E-state index contributed by atoms with van der Waals surface area (Å²) in [6, 6.07) is 4.35. The summed E-state index contributed by atoms with van der Waals surface area (Å²) in [5.41, 5.74) is 0.336. The van der Waals surface area contributed by atoms with Gasteiger partial charge in [0, 0.05) is 31.2 Å². The number of anilines is 1. The lowest BCUT2D eigenvalue weighted by Crippen LogP contribution is -2.44. The van der Waals surface area contributed by atoms with Crippen LogP contribution in [0.5, 0.6) is 5.75 Å². The van der Waals surface area contributed by atoms with Crippen molar-refractivity contribution in [3.05, 3.63) is 29.6 Å². The Balaban J connectivity index is 0.00000107. The molecule has 31 heavy (non-hydrogen) atoms. The minimum Gasteiger partial charge on any atom is -0.494 e. The first-order valence-corrected chi connectivity index (χ1v) is 9.58. The molecule has 2 aromatic rings. The topological polar surface area (TPSA) is 137 Å². The Hall–Kier alpha value is -3.18. The van der Waals surface area contributed by atoms with Crippen molar-refractivity contribution in [3.8, 4) is 17.1 Å². The van der Waals surface area contributed by atoms with Crippen LogP contribution in [-0.4, -0.2) is 84.3 Å². The molecule has 3 rings (SSSR count). The summed E-state index contributed by atoms with van der Waals surface area (Å²) >= 11 is 0. The Kier molecular flexibility index (Phi) is 8.76. The highest BCUT2D eigenvalue weighted by molar-refractivity contribution is 5.99. The molecule has 0 atom stereocenters. The van der Waals surface area contributed by atoms with Gasteiger partial charge in [0.2, 0.25) is 0 Å². The Labute approximate surface area is 178 Å². The van der Waals surface area contributed by atoms with Gasteiger partial charge in [-0.25, -0.2) is 9.18 Å². The Morgan fingerprint density at radius 1 is 1.42 bits per heavy atom. The van der Waals surface area contributed by atoms with Crippen molar-refractivity contribution in [1.29, 1.82) is 0 Å². The quantitative estimate of drug-likeness (QED) is 0.548. The van der Waals surface area contributed by atoms with E-state index in [1.165, 1.54) is 25.3 Å². The predicted molar refractivity (Wildman–Crippen MR) is 109 cm³/mol. The minimum atomic E-state index is -1.16. The molecule has 0 saturated carbocycles. The van der Waals surface area contributed by atoms with Gasteiger partial charge in [-0.1, -0.05) is 5.16 Å². The first kappa shape index (κ1) is 24.1. The number of aliphatic hydroxyl groups excluding tert-OH is 1. The number of carboxylic acid groups (broad SMARTS) is 2. The minimum absolute atomic E-state index is 0.000441. The number of hydrogen-bond acceptors (Lipinski definition) is 8. The third-order valence-electron chi connectivity index (χ3n) is 5.14. The van der Waals surface area contributed by atoms with E-state index in [0.717, 1.165) is 12.8 Å². The lowest BCUT2D eigenvalue weighted by molar-refractivity contribution is -0.122. The third kappa shape index (κ3) is 5.70. The summed E-state index contributed by atoms with van der Waals surface area (Å²) in [4.78, 5) is 24.3. The van der Waals surface area contributed by atoms with Gasteiger partial charge < -0.3 is 34.4 Å². The van der Waals surface area contributed by atoms with Gasteiger partial charge >= 0.3 is 5.97 Å². The number of nitrogens with zero attached hydrogens (tertiary/aromatic N) is 3. The van der Waals surface area contributed by atoms with Crippen molar-refractivity contribution in [1.82, 2.24) is 10.1 Å². The van der Waals surface area contributed by atoms with Crippen LogP contribution in [0.3, 0.4) is 0 Å². The predicted octanol–water partition coefficient (Wildman–Crippen LogP) is 1.78. The summed E-state index contributed by atoms with van der Waals surface area (Å²) < 4.78 is 24.0. The molecule has 1 saturated heterocycles. The fraction of sp³-hybridized carbons (Fsp3) is 0.450. The third-order valence-corrected chi connectivity index (χ3v) is 5.14. The highest BCUT2D eigenvalue weighted by Crippen LogP contribution is 2.35. The second-order valence-corrected chi connectivity index (χ2v) is 6.89. The van der Waals surface area contributed by atoms with Crippen LogP contribution in [0.25, 0.3) is 11.3 Å². The van der Waals surface area contributed by atoms with Crippen LogP contribution in [-0.2, 0) is 4.79 Å². The summed E-state index contributed by atoms with van der Waals surface area (Å²) in [6.07, 6.45) is 1.64. The van der Waals surface area contributed by atoms with Crippen molar-refractivity contribution >= 4 is 18.3 Å².